The number of carbonyl (C=O) groups is 1. The first-order chi connectivity index (χ1) is 12.5. The summed E-state index contributed by atoms with van der Waals surface area (Å²) in [5, 5.41) is 5.72. The average Bonchev–Trinajstić information content (AvgIpc) is 3.11. The number of carbonyl (C=O) groups excluding carboxylic acids is 1. The van der Waals surface area contributed by atoms with E-state index in [9.17, 15) is 4.79 Å². The number of rotatable bonds is 2. The van der Waals surface area contributed by atoms with Crippen LogP contribution in [0.3, 0.4) is 0 Å². The molecule has 0 N–H and O–H groups in total. The Labute approximate surface area is 161 Å². The predicted octanol–water partition coefficient (Wildman–Crippen LogP) is 4.67. The van der Waals surface area contributed by atoms with Gasteiger partial charge >= 0.3 is 0 Å². The summed E-state index contributed by atoms with van der Waals surface area (Å²) in [5.74, 6) is 0.470. The maximum atomic E-state index is 12.4. The number of aromatic nitrogens is 3. The molecule has 2 atom stereocenters. The molecule has 7 heteroatoms. The monoisotopic (exact) mass is 386 g/mol. The van der Waals surface area contributed by atoms with E-state index in [1.807, 2.05) is 48.5 Å². The lowest BCUT2D eigenvalue weighted by atomic mass is 9.92. The first kappa shape index (κ1) is 17.1. The molecule has 132 valence electrons. The first-order valence-corrected chi connectivity index (χ1v) is 9.00. The van der Waals surface area contributed by atoms with Crippen LogP contribution in [0.25, 0.3) is 0 Å². The number of halogens is 2. The molecular formula is C19H16Cl2N4O. The van der Waals surface area contributed by atoms with Crippen LogP contribution >= 0.6 is 23.2 Å². The van der Waals surface area contributed by atoms with Gasteiger partial charge in [-0.15, -0.1) is 0 Å². The van der Waals surface area contributed by atoms with E-state index >= 15 is 0 Å². The van der Waals surface area contributed by atoms with Gasteiger partial charge in [0.15, 0.2) is 0 Å². The predicted molar refractivity (Wildman–Crippen MR) is 102 cm³/mol. The Bertz CT molecular complexity index is 937. The molecule has 26 heavy (non-hydrogen) atoms. The molecule has 0 radical (unpaired) electrons. The van der Waals surface area contributed by atoms with Crippen LogP contribution in [-0.2, 0) is 4.79 Å². The molecular weight excluding hydrogens is 371 g/mol. The van der Waals surface area contributed by atoms with Crippen molar-refractivity contribution < 1.29 is 4.79 Å². The van der Waals surface area contributed by atoms with E-state index in [0.717, 1.165) is 11.1 Å². The highest BCUT2D eigenvalue weighted by atomic mass is 35.5. The van der Waals surface area contributed by atoms with Crippen LogP contribution in [0.5, 0.6) is 0 Å². The van der Waals surface area contributed by atoms with Crippen LogP contribution in [0.15, 0.2) is 54.9 Å². The summed E-state index contributed by atoms with van der Waals surface area (Å²) in [6.45, 7) is 1.55. The summed E-state index contributed by atoms with van der Waals surface area (Å²) >= 11 is 12.1. The van der Waals surface area contributed by atoms with E-state index < -0.39 is 0 Å². The molecule has 0 saturated heterocycles. The molecule has 0 bridgehead atoms. The van der Waals surface area contributed by atoms with Gasteiger partial charge in [-0.25, -0.2) is 4.68 Å². The number of amides is 1. The molecule has 2 aromatic carbocycles. The normalized spacial score (nSPS) is 19.3. The molecule has 1 amide bonds. The molecule has 0 aliphatic carbocycles. The van der Waals surface area contributed by atoms with Crippen LogP contribution in [0.4, 0.5) is 5.95 Å². The van der Waals surface area contributed by atoms with Gasteiger partial charge in [0.05, 0.1) is 12.1 Å². The van der Waals surface area contributed by atoms with Crippen LogP contribution in [0.2, 0.25) is 10.0 Å². The minimum Gasteiger partial charge on any atom is -0.275 e. The fraction of sp³-hybridized carbons (Fsp3) is 0.211. The van der Waals surface area contributed by atoms with Crippen molar-refractivity contribution in [3.8, 4) is 0 Å². The molecule has 3 aromatic rings. The maximum Gasteiger partial charge on any atom is 0.231 e. The third-order valence-corrected chi connectivity index (χ3v) is 5.18. The molecule has 1 aliphatic heterocycles. The van der Waals surface area contributed by atoms with Gasteiger partial charge in [-0.3, -0.25) is 9.69 Å². The number of hydrogen-bond donors (Lipinski definition) is 0. The second-order valence-electron chi connectivity index (χ2n) is 6.26. The topological polar surface area (TPSA) is 51.0 Å². The van der Waals surface area contributed by atoms with Gasteiger partial charge in [0.2, 0.25) is 11.9 Å². The zero-order chi connectivity index (χ0) is 18.3. The maximum absolute atomic E-state index is 12.4. The van der Waals surface area contributed by atoms with Gasteiger partial charge in [-0.2, -0.15) is 10.1 Å². The second-order valence-corrected chi connectivity index (χ2v) is 7.14. The van der Waals surface area contributed by atoms with E-state index in [2.05, 4.69) is 10.1 Å². The third-order valence-electron chi connectivity index (χ3n) is 4.67. The molecule has 1 aliphatic rings. The molecule has 0 unspecified atom stereocenters. The van der Waals surface area contributed by atoms with Crippen molar-refractivity contribution in [1.29, 1.82) is 0 Å². The summed E-state index contributed by atoms with van der Waals surface area (Å²) in [5.41, 5.74) is 2.08. The summed E-state index contributed by atoms with van der Waals surface area (Å²) in [6.07, 6.45) is 2.16. The summed E-state index contributed by atoms with van der Waals surface area (Å²) in [4.78, 5) is 18.4. The standard InChI is InChI=1S/C19H16Cl2N4O/c1-12(26)24-17(13-2-6-15(20)7-3-13)10-18(25-19(24)22-11-23-25)14-4-8-16(21)9-5-14/h2-9,11,17-18H,10H2,1H3/t17-,18-/m1/s1. The van der Waals surface area contributed by atoms with Crippen molar-refractivity contribution >= 4 is 35.1 Å². The smallest absolute Gasteiger partial charge is 0.231 e. The fourth-order valence-corrected chi connectivity index (χ4v) is 3.74. The molecule has 1 aromatic heterocycles. The van der Waals surface area contributed by atoms with E-state index in [1.165, 1.54) is 6.33 Å². The number of benzene rings is 2. The lowest BCUT2D eigenvalue weighted by Gasteiger charge is -2.38. The highest BCUT2D eigenvalue weighted by Crippen LogP contribution is 2.42. The van der Waals surface area contributed by atoms with Crippen molar-refractivity contribution in [2.45, 2.75) is 25.4 Å². The Hall–Kier alpha value is -2.37. The van der Waals surface area contributed by atoms with Crippen LogP contribution in [0, 0.1) is 0 Å². The third kappa shape index (κ3) is 2.97. The lowest BCUT2D eigenvalue weighted by molar-refractivity contribution is -0.117. The molecule has 2 heterocycles. The van der Waals surface area contributed by atoms with Gasteiger partial charge in [0.1, 0.15) is 6.33 Å². The quantitative estimate of drug-likeness (QED) is 0.642. The fourth-order valence-electron chi connectivity index (χ4n) is 3.49. The Balaban J connectivity index is 1.82. The van der Waals surface area contributed by atoms with Gasteiger partial charge in [0, 0.05) is 17.0 Å². The van der Waals surface area contributed by atoms with Crippen molar-refractivity contribution in [2.75, 3.05) is 4.90 Å². The van der Waals surface area contributed by atoms with E-state index in [-0.39, 0.29) is 18.0 Å². The Morgan fingerprint density at radius 1 is 0.962 bits per heavy atom. The number of fused-ring (bicyclic) bond motifs is 1. The van der Waals surface area contributed by atoms with E-state index in [4.69, 9.17) is 23.2 Å². The zero-order valence-corrected chi connectivity index (χ0v) is 15.5. The minimum absolute atomic E-state index is 0.0407. The Kier molecular flexibility index (Phi) is 4.42. The molecule has 0 spiro atoms. The number of nitrogens with zero attached hydrogens (tertiary/aromatic N) is 4. The Morgan fingerprint density at radius 2 is 1.50 bits per heavy atom. The van der Waals surface area contributed by atoms with Crippen LogP contribution < -0.4 is 4.90 Å². The van der Waals surface area contributed by atoms with Gasteiger partial charge in [-0.05, 0) is 41.8 Å². The number of hydrogen-bond acceptors (Lipinski definition) is 3. The zero-order valence-electron chi connectivity index (χ0n) is 14.0. The average molecular weight is 387 g/mol. The van der Waals surface area contributed by atoms with Crippen LogP contribution in [0.1, 0.15) is 36.6 Å². The first-order valence-electron chi connectivity index (χ1n) is 8.25. The van der Waals surface area contributed by atoms with Crippen molar-refractivity contribution in [2.24, 2.45) is 0 Å². The highest BCUT2D eigenvalue weighted by Gasteiger charge is 2.38. The Morgan fingerprint density at radius 3 is 2.04 bits per heavy atom. The van der Waals surface area contributed by atoms with Crippen molar-refractivity contribution in [3.05, 3.63) is 76.0 Å². The largest absolute Gasteiger partial charge is 0.275 e. The van der Waals surface area contributed by atoms with Gasteiger partial charge in [-0.1, -0.05) is 47.5 Å². The SMILES string of the molecule is CC(=O)N1c2ncnn2[C@@H](c2ccc(Cl)cc2)C[C@@H]1c1ccc(Cl)cc1. The summed E-state index contributed by atoms with van der Waals surface area (Å²) in [7, 11) is 0. The van der Waals surface area contributed by atoms with Gasteiger partial charge < -0.3 is 0 Å². The lowest BCUT2D eigenvalue weighted by Crippen LogP contribution is -2.41. The molecule has 4 rings (SSSR count). The minimum atomic E-state index is -0.151. The van der Waals surface area contributed by atoms with Crippen molar-refractivity contribution in [3.63, 3.8) is 0 Å². The molecule has 0 saturated carbocycles. The summed E-state index contributed by atoms with van der Waals surface area (Å²) in [6, 6.07) is 15.1. The molecule has 5 nitrogen and oxygen atoms in total. The van der Waals surface area contributed by atoms with Crippen molar-refractivity contribution in [1.82, 2.24) is 14.8 Å². The van der Waals surface area contributed by atoms with E-state index in [1.54, 1.807) is 16.5 Å². The number of anilines is 1. The van der Waals surface area contributed by atoms with E-state index in [0.29, 0.717) is 22.4 Å². The summed E-state index contributed by atoms with van der Waals surface area (Å²) < 4.78 is 1.80. The van der Waals surface area contributed by atoms with Gasteiger partial charge in [0.25, 0.3) is 0 Å². The highest BCUT2D eigenvalue weighted by molar-refractivity contribution is 6.30. The second kappa shape index (κ2) is 6.74. The molecule has 0 fully saturated rings. The van der Waals surface area contributed by atoms with Crippen LogP contribution in [-0.4, -0.2) is 20.7 Å².